The second-order valence-corrected chi connectivity index (χ2v) is 5.97. The first-order valence-corrected chi connectivity index (χ1v) is 7.05. The fraction of sp³-hybridized carbons (Fsp3) is 0.533. The number of anilines is 1. The molecule has 1 aliphatic rings. The number of ketones is 1. The minimum Gasteiger partial charge on any atom is -0.390 e. The molecule has 1 aromatic carbocycles. The van der Waals surface area contributed by atoms with Crippen molar-refractivity contribution in [2.75, 3.05) is 18.0 Å². The average Bonchev–Trinajstić information content (AvgIpc) is 2.49. The molecule has 1 heterocycles. The van der Waals surface area contributed by atoms with Gasteiger partial charge in [-0.25, -0.2) is 0 Å². The lowest BCUT2D eigenvalue weighted by Crippen LogP contribution is -2.28. The molecule has 0 radical (unpaired) electrons. The number of benzene rings is 1. The summed E-state index contributed by atoms with van der Waals surface area (Å²) in [6.07, 6.45) is 2.53. The van der Waals surface area contributed by atoms with Crippen molar-refractivity contribution in [2.24, 2.45) is 0 Å². The Hall–Kier alpha value is -1.06. The maximum Gasteiger partial charge on any atom is 0.161 e. The molecule has 0 bridgehead atoms. The number of Topliss-reactive ketones (excluding diaryl/α,β-unsaturated/α-hetero) is 1. The van der Waals surface area contributed by atoms with Crippen LogP contribution in [0.3, 0.4) is 0 Å². The molecular weight excluding hydrogens is 262 g/mol. The molecule has 1 N–H and O–H groups in total. The molecule has 1 atom stereocenters. The zero-order chi connectivity index (χ0) is 14.0. The van der Waals surface area contributed by atoms with E-state index in [1.165, 1.54) is 6.92 Å². The number of carbonyl (C=O) groups excluding carboxylic acids is 1. The predicted octanol–water partition coefficient (Wildman–Crippen LogP) is 3.28. The number of hydrogen-bond donors (Lipinski definition) is 1. The molecular formula is C15H20ClNO2. The van der Waals surface area contributed by atoms with E-state index in [-0.39, 0.29) is 5.78 Å². The van der Waals surface area contributed by atoms with Crippen molar-refractivity contribution >= 4 is 23.1 Å². The molecule has 1 aromatic rings. The Balaban J connectivity index is 2.18. The predicted molar refractivity (Wildman–Crippen MR) is 78.1 cm³/mol. The quantitative estimate of drug-likeness (QED) is 0.846. The highest BCUT2D eigenvalue weighted by atomic mass is 35.5. The third-order valence-electron chi connectivity index (χ3n) is 3.76. The number of halogens is 1. The Kier molecular flexibility index (Phi) is 4.16. The van der Waals surface area contributed by atoms with E-state index in [1.807, 2.05) is 19.1 Å². The topological polar surface area (TPSA) is 40.5 Å². The summed E-state index contributed by atoms with van der Waals surface area (Å²) < 4.78 is 0. The van der Waals surface area contributed by atoms with E-state index in [1.54, 1.807) is 6.07 Å². The maximum absolute atomic E-state index is 11.4. The molecule has 0 amide bonds. The van der Waals surface area contributed by atoms with Crippen LogP contribution in [0.5, 0.6) is 0 Å². The summed E-state index contributed by atoms with van der Waals surface area (Å²) >= 11 is 6.14. The van der Waals surface area contributed by atoms with Gasteiger partial charge in [-0.05, 0) is 51.3 Å². The van der Waals surface area contributed by atoms with Crippen LogP contribution in [0, 0.1) is 0 Å². The minimum atomic E-state index is -0.572. The van der Waals surface area contributed by atoms with Crippen molar-refractivity contribution < 1.29 is 9.90 Å². The molecule has 0 spiro atoms. The van der Waals surface area contributed by atoms with E-state index >= 15 is 0 Å². The number of aliphatic hydroxyl groups is 1. The highest BCUT2D eigenvalue weighted by molar-refractivity contribution is 6.34. The van der Waals surface area contributed by atoms with Crippen molar-refractivity contribution in [2.45, 2.75) is 38.7 Å². The first kappa shape index (κ1) is 14.4. The summed E-state index contributed by atoms with van der Waals surface area (Å²) in [5.74, 6) is -0.0182. The monoisotopic (exact) mass is 281 g/mol. The van der Waals surface area contributed by atoms with Crippen LogP contribution in [0.25, 0.3) is 0 Å². The zero-order valence-electron chi connectivity index (χ0n) is 11.4. The van der Waals surface area contributed by atoms with Crippen LogP contribution in [-0.2, 0) is 0 Å². The van der Waals surface area contributed by atoms with Gasteiger partial charge in [-0.15, -0.1) is 0 Å². The van der Waals surface area contributed by atoms with Crippen LogP contribution in [0.2, 0.25) is 5.02 Å². The molecule has 104 valence electrons. The van der Waals surface area contributed by atoms with E-state index in [0.717, 1.165) is 38.0 Å². The van der Waals surface area contributed by atoms with Gasteiger partial charge in [0.2, 0.25) is 0 Å². The first-order valence-electron chi connectivity index (χ1n) is 6.67. The Morgan fingerprint density at radius 1 is 1.37 bits per heavy atom. The molecule has 4 heteroatoms. The van der Waals surface area contributed by atoms with Crippen LogP contribution in [0.15, 0.2) is 18.2 Å². The summed E-state index contributed by atoms with van der Waals surface area (Å²) in [5.41, 5.74) is 1.01. The summed E-state index contributed by atoms with van der Waals surface area (Å²) in [4.78, 5) is 13.6. The molecule has 1 aliphatic heterocycles. The SMILES string of the molecule is CC(=O)c1ccc(N2CCCC(C)(O)CC2)cc1Cl. The smallest absolute Gasteiger partial charge is 0.161 e. The summed E-state index contributed by atoms with van der Waals surface area (Å²) in [5, 5.41) is 10.6. The van der Waals surface area contributed by atoms with E-state index in [0.29, 0.717) is 10.6 Å². The lowest BCUT2D eigenvalue weighted by molar-refractivity contribution is 0.0481. The van der Waals surface area contributed by atoms with E-state index in [2.05, 4.69) is 4.90 Å². The van der Waals surface area contributed by atoms with Crippen molar-refractivity contribution in [1.29, 1.82) is 0 Å². The standard InChI is InChI=1S/C15H20ClNO2/c1-11(18)13-5-4-12(10-14(13)16)17-8-3-6-15(2,19)7-9-17/h4-5,10,19H,3,6-9H2,1-2H3. The molecule has 19 heavy (non-hydrogen) atoms. The van der Waals surface area contributed by atoms with Gasteiger partial charge < -0.3 is 10.0 Å². The van der Waals surface area contributed by atoms with Gasteiger partial charge in [0.05, 0.1) is 10.6 Å². The third kappa shape index (κ3) is 3.48. The highest BCUT2D eigenvalue weighted by Crippen LogP contribution is 2.28. The van der Waals surface area contributed by atoms with E-state index in [9.17, 15) is 9.90 Å². The Morgan fingerprint density at radius 2 is 2.11 bits per heavy atom. The van der Waals surface area contributed by atoms with E-state index in [4.69, 9.17) is 11.6 Å². The Bertz CT molecular complexity index is 485. The molecule has 2 rings (SSSR count). The lowest BCUT2D eigenvalue weighted by atomic mass is 9.98. The molecule has 1 fully saturated rings. The first-order chi connectivity index (χ1) is 8.89. The summed E-state index contributed by atoms with van der Waals surface area (Å²) in [6.45, 7) is 5.13. The number of nitrogens with zero attached hydrogens (tertiary/aromatic N) is 1. The van der Waals surface area contributed by atoms with Gasteiger partial charge in [0.25, 0.3) is 0 Å². The van der Waals surface area contributed by atoms with Gasteiger partial charge in [-0.1, -0.05) is 11.6 Å². The average molecular weight is 282 g/mol. The molecule has 0 aromatic heterocycles. The van der Waals surface area contributed by atoms with Crippen LogP contribution in [-0.4, -0.2) is 29.6 Å². The van der Waals surface area contributed by atoms with Gasteiger partial charge in [0.15, 0.2) is 5.78 Å². The van der Waals surface area contributed by atoms with Gasteiger partial charge in [-0.2, -0.15) is 0 Å². The molecule has 1 unspecified atom stereocenters. The fourth-order valence-corrected chi connectivity index (χ4v) is 2.82. The van der Waals surface area contributed by atoms with Crippen LogP contribution in [0.1, 0.15) is 43.5 Å². The molecule has 0 saturated carbocycles. The van der Waals surface area contributed by atoms with Gasteiger partial charge in [0.1, 0.15) is 0 Å². The minimum absolute atomic E-state index is 0.0182. The second kappa shape index (κ2) is 5.51. The summed E-state index contributed by atoms with van der Waals surface area (Å²) in [6, 6.07) is 5.56. The van der Waals surface area contributed by atoms with Crippen LogP contribution < -0.4 is 4.90 Å². The van der Waals surface area contributed by atoms with E-state index < -0.39 is 5.60 Å². The number of hydrogen-bond acceptors (Lipinski definition) is 3. The zero-order valence-corrected chi connectivity index (χ0v) is 12.2. The van der Waals surface area contributed by atoms with Gasteiger partial charge >= 0.3 is 0 Å². The third-order valence-corrected chi connectivity index (χ3v) is 4.07. The fourth-order valence-electron chi connectivity index (χ4n) is 2.51. The van der Waals surface area contributed by atoms with Crippen LogP contribution >= 0.6 is 11.6 Å². The molecule has 1 saturated heterocycles. The number of rotatable bonds is 2. The largest absolute Gasteiger partial charge is 0.390 e. The van der Waals surface area contributed by atoms with Crippen molar-refractivity contribution in [3.8, 4) is 0 Å². The lowest BCUT2D eigenvalue weighted by Gasteiger charge is -2.24. The Labute approximate surface area is 119 Å². The van der Waals surface area contributed by atoms with Crippen molar-refractivity contribution in [3.63, 3.8) is 0 Å². The van der Waals surface area contributed by atoms with Crippen LogP contribution in [0.4, 0.5) is 5.69 Å². The molecule has 0 aliphatic carbocycles. The van der Waals surface area contributed by atoms with Crippen molar-refractivity contribution in [1.82, 2.24) is 0 Å². The normalized spacial score (nSPS) is 24.1. The number of carbonyl (C=O) groups is 1. The Morgan fingerprint density at radius 3 is 2.74 bits per heavy atom. The summed E-state index contributed by atoms with van der Waals surface area (Å²) in [7, 11) is 0. The maximum atomic E-state index is 11.4. The van der Waals surface area contributed by atoms with Crippen molar-refractivity contribution in [3.05, 3.63) is 28.8 Å². The van der Waals surface area contributed by atoms with Gasteiger partial charge in [-0.3, -0.25) is 4.79 Å². The van der Waals surface area contributed by atoms with Gasteiger partial charge in [0, 0.05) is 24.3 Å². The second-order valence-electron chi connectivity index (χ2n) is 5.56. The highest BCUT2D eigenvalue weighted by Gasteiger charge is 2.25. The molecule has 3 nitrogen and oxygen atoms in total.